The summed E-state index contributed by atoms with van der Waals surface area (Å²) in [6, 6.07) is 0.150. The predicted molar refractivity (Wildman–Crippen MR) is 55.7 cm³/mol. The van der Waals surface area contributed by atoms with E-state index in [2.05, 4.69) is 17.3 Å². The van der Waals surface area contributed by atoms with Gasteiger partial charge in [-0.15, -0.1) is 11.3 Å². The smallest absolute Gasteiger partial charge is 0.0898 e. The summed E-state index contributed by atoms with van der Waals surface area (Å²) >= 11 is 1.69. The number of rotatable bonds is 3. The van der Waals surface area contributed by atoms with Gasteiger partial charge in [-0.2, -0.15) is 0 Å². The highest BCUT2D eigenvalue weighted by Crippen LogP contribution is 2.41. The van der Waals surface area contributed by atoms with Gasteiger partial charge < -0.3 is 5.73 Å². The van der Waals surface area contributed by atoms with E-state index in [-0.39, 0.29) is 6.04 Å². The molecular formula is C10H16N2S. The van der Waals surface area contributed by atoms with Gasteiger partial charge in [-0.3, -0.25) is 0 Å². The predicted octanol–water partition coefficient (Wildman–Crippen LogP) is 2.50. The molecule has 72 valence electrons. The van der Waals surface area contributed by atoms with Crippen molar-refractivity contribution in [3.63, 3.8) is 0 Å². The lowest BCUT2D eigenvalue weighted by molar-refractivity contribution is 0.411. The van der Waals surface area contributed by atoms with Crippen LogP contribution in [0.3, 0.4) is 0 Å². The molecule has 1 saturated carbocycles. The zero-order valence-electron chi connectivity index (χ0n) is 8.16. The van der Waals surface area contributed by atoms with Crippen LogP contribution in [0.4, 0.5) is 0 Å². The average molecular weight is 196 g/mol. The van der Waals surface area contributed by atoms with Crippen LogP contribution in [0.1, 0.15) is 36.5 Å². The minimum atomic E-state index is 0.150. The van der Waals surface area contributed by atoms with Crippen LogP contribution < -0.4 is 5.73 Å². The molecule has 2 atom stereocenters. The Morgan fingerprint density at radius 1 is 1.62 bits per heavy atom. The van der Waals surface area contributed by atoms with E-state index in [1.165, 1.54) is 12.8 Å². The van der Waals surface area contributed by atoms with Crippen molar-refractivity contribution < 1.29 is 0 Å². The van der Waals surface area contributed by atoms with Gasteiger partial charge in [0.2, 0.25) is 0 Å². The van der Waals surface area contributed by atoms with Crippen molar-refractivity contribution >= 4 is 11.3 Å². The second-order valence-corrected chi connectivity index (χ2v) is 5.08. The molecule has 2 nitrogen and oxygen atoms in total. The Balaban J connectivity index is 2.06. The zero-order valence-corrected chi connectivity index (χ0v) is 8.97. The summed E-state index contributed by atoms with van der Waals surface area (Å²) in [6.07, 6.45) is 2.72. The van der Waals surface area contributed by atoms with Crippen molar-refractivity contribution in [3.8, 4) is 0 Å². The average Bonchev–Trinajstić information content (AvgIpc) is 2.87. The van der Waals surface area contributed by atoms with Gasteiger partial charge in [-0.25, -0.2) is 4.98 Å². The second-order valence-electron chi connectivity index (χ2n) is 4.01. The molecule has 1 aliphatic carbocycles. The highest BCUT2D eigenvalue weighted by Gasteiger charge is 2.32. The van der Waals surface area contributed by atoms with Crippen LogP contribution in [0, 0.1) is 18.8 Å². The Hall–Kier alpha value is -0.410. The molecule has 1 aromatic heterocycles. The van der Waals surface area contributed by atoms with Gasteiger partial charge in [0.15, 0.2) is 0 Å². The first kappa shape index (κ1) is 9.16. The van der Waals surface area contributed by atoms with Crippen molar-refractivity contribution in [3.05, 3.63) is 16.1 Å². The van der Waals surface area contributed by atoms with E-state index >= 15 is 0 Å². The van der Waals surface area contributed by atoms with Crippen LogP contribution in [0.25, 0.3) is 0 Å². The molecule has 0 bridgehead atoms. The molecule has 1 aliphatic rings. The van der Waals surface area contributed by atoms with Crippen LogP contribution >= 0.6 is 11.3 Å². The van der Waals surface area contributed by atoms with Gasteiger partial charge in [0.1, 0.15) is 0 Å². The molecule has 1 fully saturated rings. The highest BCUT2D eigenvalue weighted by atomic mass is 32.1. The first-order valence-corrected chi connectivity index (χ1v) is 5.74. The number of nitrogens with two attached hydrogens (primary N) is 1. The van der Waals surface area contributed by atoms with Crippen LogP contribution in [-0.2, 0) is 0 Å². The Morgan fingerprint density at radius 2 is 2.31 bits per heavy atom. The Labute approximate surface area is 83.2 Å². The summed E-state index contributed by atoms with van der Waals surface area (Å²) in [5.74, 6) is 1.46. The third-order valence-electron chi connectivity index (χ3n) is 2.91. The number of nitrogens with zero attached hydrogens (tertiary/aromatic N) is 1. The molecule has 3 heteroatoms. The van der Waals surface area contributed by atoms with E-state index in [1.807, 2.05) is 6.92 Å². The summed E-state index contributed by atoms with van der Waals surface area (Å²) in [7, 11) is 0. The van der Waals surface area contributed by atoms with Crippen LogP contribution in [0.15, 0.2) is 5.38 Å². The van der Waals surface area contributed by atoms with Gasteiger partial charge >= 0.3 is 0 Å². The molecule has 2 N–H and O–H groups in total. The van der Waals surface area contributed by atoms with Crippen molar-refractivity contribution in [2.45, 2.75) is 32.7 Å². The first-order valence-electron chi connectivity index (χ1n) is 4.86. The Bertz CT molecular complexity index is 291. The first-order chi connectivity index (χ1) is 6.18. The third-order valence-corrected chi connectivity index (χ3v) is 3.70. The van der Waals surface area contributed by atoms with Crippen LogP contribution in [0.5, 0.6) is 0 Å². The van der Waals surface area contributed by atoms with E-state index in [0.717, 1.165) is 16.6 Å². The van der Waals surface area contributed by atoms with Gasteiger partial charge in [0.05, 0.1) is 16.7 Å². The van der Waals surface area contributed by atoms with E-state index in [1.54, 1.807) is 11.3 Å². The van der Waals surface area contributed by atoms with Crippen molar-refractivity contribution in [1.29, 1.82) is 0 Å². The summed E-state index contributed by atoms with van der Waals surface area (Å²) in [5.41, 5.74) is 7.22. The number of thiazole rings is 1. The topological polar surface area (TPSA) is 38.9 Å². The van der Waals surface area contributed by atoms with Crippen molar-refractivity contribution in [2.24, 2.45) is 17.6 Å². The minimum absolute atomic E-state index is 0.150. The number of hydrogen-bond acceptors (Lipinski definition) is 3. The van der Waals surface area contributed by atoms with E-state index in [0.29, 0.717) is 5.92 Å². The number of hydrogen-bond donors (Lipinski definition) is 1. The van der Waals surface area contributed by atoms with Crippen LogP contribution in [0.2, 0.25) is 0 Å². The molecule has 0 radical (unpaired) electrons. The molecule has 2 unspecified atom stereocenters. The van der Waals surface area contributed by atoms with Crippen LogP contribution in [-0.4, -0.2) is 4.98 Å². The second kappa shape index (κ2) is 3.39. The maximum atomic E-state index is 6.14. The Kier molecular flexibility index (Phi) is 2.39. The quantitative estimate of drug-likeness (QED) is 0.806. The normalized spacial score (nSPS) is 21.5. The molecule has 1 aromatic rings. The number of aryl methyl sites for hydroxylation is 1. The lowest BCUT2D eigenvalue weighted by atomic mass is 9.95. The van der Waals surface area contributed by atoms with Gasteiger partial charge in [-0.1, -0.05) is 6.92 Å². The fraction of sp³-hybridized carbons (Fsp3) is 0.700. The fourth-order valence-corrected chi connectivity index (χ4v) is 2.38. The lowest BCUT2D eigenvalue weighted by Gasteiger charge is -2.16. The molecule has 0 aromatic carbocycles. The standard InChI is InChI=1S/C10H16N2S/c1-6(8-3-4-8)10(11)9-5-13-7(2)12-9/h5-6,8,10H,3-4,11H2,1-2H3. The largest absolute Gasteiger partial charge is 0.322 e. The van der Waals surface area contributed by atoms with Gasteiger partial charge in [0, 0.05) is 5.38 Å². The van der Waals surface area contributed by atoms with Crippen molar-refractivity contribution in [1.82, 2.24) is 4.98 Å². The fourth-order valence-electron chi connectivity index (χ4n) is 1.72. The lowest BCUT2D eigenvalue weighted by Crippen LogP contribution is -2.20. The molecular weight excluding hydrogens is 180 g/mol. The third kappa shape index (κ3) is 1.92. The maximum absolute atomic E-state index is 6.14. The molecule has 0 spiro atoms. The summed E-state index contributed by atoms with van der Waals surface area (Å²) in [6.45, 7) is 4.28. The van der Waals surface area contributed by atoms with E-state index < -0.39 is 0 Å². The Morgan fingerprint density at radius 3 is 2.77 bits per heavy atom. The molecule has 0 saturated heterocycles. The highest BCUT2D eigenvalue weighted by molar-refractivity contribution is 7.09. The maximum Gasteiger partial charge on any atom is 0.0898 e. The van der Waals surface area contributed by atoms with Gasteiger partial charge in [0.25, 0.3) is 0 Å². The minimum Gasteiger partial charge on any atom is -0.322 e. The molecule has 1 heterocycles. The van der Waals surface area contributed by atoms with Gasteiger partial charge in [-0.05, 0) is 31.6 Å². The summed E-state index contributed by atoms with van der Waals surface area (Å²) in [5, 5.41) is 3.22. The molecule has 0 aliphatic heterocycles. The molecule has 2 rings (SSSR count). The number of aromatic nitrogens is 1. The van der Waals surface area contributed by atoms with Crippen molar-refractivity contribution in [2.75, 3.05) is 0 Å². The molecule has 0 amide bonds. The van der Waals surface area contributed by atoms with E-state index in [9.17, 15) is 0 Å². The van der Waals surface area contributed by atoms with E-state index in [4.69, 9.17) is 5.73 Å². The molecule has 13 heavy (non-hydrogen) atoms. The summed E-state index contributed by atoms with van der Waals surface area (Å²) < 4.78 is 0. The SMILES string of the molecule is Cc1nc(C(N)C(C)C2CC2)cs1. The summed E-state index contributed by atoms with van der Waals surface area (Å²) in [4.78, 5) is 4.44. The monoisotopic (exact) mass is 196 g/mol. The zero-order chi connectivity index (χ0) is 9.42.